The molecule has 0 aliphatic heterocycles. The fourth-order valence-electron chi connectivity index (χ4n) is 1.59. The molecule has 1 aromatic carbocycles. The van der Waals surface area contributed by atoms with Crippen LogP contribution in [-0.4, -0.2) is 16.8 Å². The number of benzene rings is 1. The summed E-state index contributed by atoms with van der Waals surface area (Å²) in [6.07, 6.45) is 2.04. The molecule has 0 bridgehead atoms. The van der Waals surface area contributed by atoms with Crippen molar-refractivity contribution in [3.8, 4) is 0 Å². The zero-order valence-electron chi connectivity index (χ0n) is 11.6. The SMILES string of the molecule is CC(=O)CCC(C)SSc1ccccc1CC(C)=O. The van der Waals surface area contributed by atoms with Gasteiger partial charge in [0.15, 0.2) is 0 Å². The van der Waals surface area contributed by atoms with Crippen molar-refractivity contribution < 1.29 is 9.59 Å². The summed E-state index contributed by atoms with van der Waals surface area (Å²) >= 11 is 0. The van der Waals surface area contributed by atoms with E-state index in [1.165, 1.54) is 0 Å². The average molecular weight is 296 g/mol. The normalized spacial score (nSPS) is 12.2. The van der Waals surface area contributed by atoms with Crippen LogP contribution in [0.4, 0.5) is 0 Å². The molecule has 0 saturated heterocycles. The first-order valence-corrected chi connectivity index (χ1v) is 8.60. The quantitative estimate of drug-likeness (QED) is 0.669. The first-order valence-electron chi connectivity index (χ1n) is 6.39. The standard InChI is InChI=1S/C15H20O2S2/c1-11(16)8-9-13(3)18-19-15-7-5-4-6-14(15)10-12(2)17/h4-7,13H,8-10H2,1-3H3. The molecule has 1 aromatic rings. The zero-order chi connectivity index (χ0) is 14.3. The van der Waals surface area contributed by atoms with E-state index >= 15 is 0 Å². The third-order valence-corrected chi connectivity index (χ3v) is 5.67. The Balaban J connectivity index is 2.52. The maximum Gasteiger partial charge on any atom is 0.134 e. The first-order chi connectivity index (χ1) is 8.99. The molecular formula is C15H20O2S2. The van der Waals surface area contributed by atoms with E-state index in [0.717, 1.165) is 16.9 Å². The van der Waals surface area contributed by atoms with Crippen molar-refractivity contribution in [3.63, 3.8) is 0 Å². The van der Waals surface area contributed by atoms with Crippen molar-refractivity contribution in [3.05, 3.63) is 29.8 Å². The van der Waals surface area contributed by atoms with E-state index in [9.17, 15) is 9.59 Å². The Morgan fingerprint density at radius 3 is 2.47 bits per heavy atom. The minimum Gasteiger partial charge on any atom is -0.300 e. The van der Waals surface area contributed by atoms with Crippen molar-refractivity contribution >= 4 is 33.2 Å². The van der Waals surface area contributed by atoms with Gasteiger partial charge in [-0.2, -0.15) is 0 Å². The summed E-state index contributed by atoms with van der Waals surface area (Å²) in [6.45, 7) is 5.38. The molecule has 0 amide bonds. The molecule has 0 spiro atoms. The number of hydrogen-bond donors (Lipinski definition) is 0. The van der Waals surface area contributed by atoms with Crippen LogP contribution in [0.5, 0.6) is 0 Å². The van der Waals surface area contributed by atoms with Gasteiger partial charge in [0.05, 0.1) is 0 Å². The summed E-state index contributed by atoms with van der Waals surface area (Å²) in [5.41, 5.74) is 1.09. The molecule has 0 aliphatic rings. The summed E-state index contributed by atoms with van der Waals surface area (Å²) in [6, 6.07) is 8.01. The van der Waals surface area contributed by atoms with E-state index in [0.29, 0.717) is 18.1 Å². The van der Waals surface area contributed by atoms with Crippen LogP contribution in [0.2, 0.25) is 0 Å². The first kappa shape index (κ1) is 16.3. The summed E-state index contributed by atoms with van der Waals surface area (Å²) < 4.78 is 0. The van der Waals surface area contributed by atoms with Gasteiger partial charge in [0, 0.05) is 23.0 Å². The van der Waals surface area contributed by atoms with Gasteiger partial charge in [0.25, 0.3) is 0 Å². The summed E-state index contributed by atoms with van der Waals surface area (Å²) in [5, 5.41) is 0.430. The zero-order valence-corrected chi connectivity index (χ0v) is 13.3. The molecule has 0 N–H and O–H groups in total. The van der Waals surface area contributed by atoms with Crippen LogP contribution in [-0.2, 0) is 16.0 Å². The van der Waals surface area contributed by atoms with Crippen molar-refractivity contribution in [1.82, 2.24) is 0 Å². The number of carbonyl (C=O) groups excluding carboxylic acids is 2. The Bertz CT molecular complexity index is 444. The number of ketones is 2. The summed E-state index contributed by atoms with van der Waals surface area (Å²) in [7, 11) is 3.47. The third kappa shape index (κ3) is 6.83. The van der Waals surface area contributed by atoms with E-state index in [2.05, 4.69) is 6.92 Å². The van der Waals surface area contributed by atoms with Gasteiger partial charge >= 0.3 is 0 Å². The van der Waals surface area contributed by atoms with Crippen LogP contribution >= 0.6 is 21.6 Å². The Hall–Kier alpha value is -0.740. The molecule has 2 nitrogen and oxygen atoms in total. The molecule has 4 heteroatoms. The van der Waals surface area contributed by atoms with Gasteiger partial charge in [0.1, 0.15) is 11.6 Å². The van der Waals surface area contributed by atoms with Crippen molar-refractivity contribution in [2.45, 2.75) is 50.2 Å². The number of hydrogen-bond acceptors (Lipinski definition) is 4. The second kappa shape index (κ2) is 8.43. The van der Waals surface area contributed by atoms with E-state index in [4.69, 9.17) is 0 Å². The predicted octanol–water partition coefficient (Wildman–Crippen LogP) is 4.32. The molecule has 1 rings (SSSR count). The van der Waals surface area contributed by atoms with Gasteiger partial charge in [-0.15, -0.1) is 0 Å². The van der Waals surface area contributed by atoms with Crippen molar-refractivity contribution in [2.75, 3.05) is 0 Å². The second-order valence-corrected chi connectivity index (χ2v) is 7.40. The third-order valence-electron chi connectivity index (χ3n) is 2.62. The minimum absolute atomic E-state index is 0.183. The maximum atomic E-state index is 11.2. The molecule has 0 aliphatic carbocycles. The lowest BCUT2D eigenvalue weighted by molar-refractivity contribution is -0.117. The topological polar surface area (TPSA) is 34.1 Å². The van der Waals surface area contributed by atoms with Gasteiger partial charge in [-0.25, -0.2) is 0 Å². The smallest absolute Gasteiger partial charge is 0.134 e. The van der Waals surface area contributed by atoms with Crippen LogP contribution in [0.25, 0.3) is 0 Å². The van der Waals surface area contributed by atoms with Crippen LogP contribution in [0.1, 0.15) is 39.2 Å². The van der Waals surface area contributed by atoms with Gasteiger partial charge in [-0.1, -0.05) is 46.7 Å². The number of carbonyl (C=O) groups is 2. The van der Waals surface area contributed by atoms with Gasteiger partial charge < -0.3 is 4.79 Å². The van der Waals surface area contributed by atoms with E-state index in [1.54, 1.807) is 35.4 Å². The molecule has 0 radical (unpaired) electrons. The highest BCUT2D eigenvalue weighted by Gasteiger charge is 2.09. The van der Waals surface area contributed by atoms with Crippen molar-refractivity contribution in [2.24, 2.45) is 0 Å². The van der Waals surface area contributed by atoms with E-state index in [1.807, 2.05) is 24.3 Å². The minimum atomic E-state index is 0.183. The molecule has 1 atom stereocenters. The van der Waals surface area contributed by atoms with Gasteiger partial charge in [0.2, 0.25) is 0 Å². The molecule has 0 saturated carbocycles. The fourth-order valence-corrected chi connectivity index (χ4v) is 4.03. The Morgan fingerprint density at radius 1 is 1.16 bits per heavy atom. The highest BCUT2D eigenvalue weighted by molar-refractivity contribution is 8.76. The van der Waals surface area contributed by atoms with E-state index < -0.39 is 0 Å². The summed E-state index contributed by atoms with van der Waals surface area (Å²) in [4.78, 5) is 23.3. The molecule has 0 heterocycles. The highest BCUT2D eigenvalue weighted by atomic mass is 33.1. The van der Waals surface area contributed by atoms with Crippen LogP contribution in [0.3, 0.4) is 0 Å². The molecule has 0 fully saturated rings. The number of rotatable bonds is 8. The predicted molar refractivity (Wildman–Crippen MR) is 83.7 cm³/mol. The maximum absolute atomic E-state index is 11.2. The lowest BCUT2D eigenvalue weighted by Gasteiger charge is -2.11. The monoisotopic (exact) mass is 296 g/mol. The highest BCUT2D eigenvalue weighted by Crippen LogP contribution is 2.37. The lowest BCUT2D eigenvalue weighted by Crippen LogP contribution is -2.00. The molecule has 104 valence electrons. The van der Waals surface area contributed by atoms with Crippen LogP contribution in [0.15, 0.2) is 29.2 Å². The lowest BCUT2D eigenvalue weighted by atomic mass is 10.1. The number of Topliss-reactive ketones (excluding diaryl/α,β-unsaturated/α-hetero) is 2. The molecular weight excluding hydrogens is 276 g/mol. The Labute approximate surface area is 123 Å². The van der Waals surface area contributed by atoms with E-state index in [-0.39, 0.29) is 11.6 Å². The molecule has 0 aromatic heterocycles. The van der Waals surface area contributed by atoms with Crippen molar-refractivity contribution in [1.29, 1.82) is 0 Å². The second-order valence-electron chi connectivity index (χ2n) is 4.72. The molecule has 19 heavy (non-hydrogen) atoms. The van der Waals surface area contributed by atoms with Gasteiger partial charge in [-0.3, -0.25) is 4.79 Å². The summed E-state index contributed by atoms with van der Waals surface area (Å²) in [5.74, 6) is 0.428. The average Bonchev–Trinajstić information content (AvgIpc) is 2.34. The molecule has 1 unspecified atom stereocenters. The van der Waals surface area contributed by atoms with Crippen LogP contribution in [0, 0.1) is 0 Å². The largest absolute Gasteiger partial charge is 0.300 e. The Morgan fingerprint density at radius 2 is 1.84 bits per heavy atom. The fraction of sp³-hybridized carbons (Fsp3) is 0.467. The van der Waals surface area contributed by atoms with Crippen LogP contribution < -0.4 is 0 Å². The Kier molecular flexibility index (Phi) is 7.24. The van der Waals surface area contributed by atoms with Gasteiger partial charge in [-0.05, 0) is 31.9 Å².